The van der Waals surface area contributed by atoms with Gasteiger partial charge in [0.1, 0.15) is 6.04 Å². The Kier molecular flexibility index (Phi) is 9.45. The second-order valence-electron chi connectivity index (χ2n) is 10.8. The molecule has 0 saturated carbocycles. The summed E-state index contributed by atoms with van der Waals surface area (Å²) in [6.07, 6.45) is 5.95. The van der Waals surface area contributed by atoms with E-state index in [1.165, 1.54) is 36.7 Å². The predicted octanol–water partition coefficient (Wildman–Crippen LogP) is 1.25. The summed E-state index contributed by atoms with van der Waals surface area (Å²) in [5.41, 5.74) is 4.51. The van der Waals surface area contributed by atoms with E-state index in [9.17, 15) is 24.6 Å². The minimum Gasteiger partial charge on any atom is -0.547 e. The highest BCUT2D eigenvalue weighted by molar-refractivity contribution is 5.85. The predicted molar refractivity (Wildman–Crippen MR) is 142 cm³/mol. The number of hydrogen-bond donors (Lipinski definition) is 3. The zero-order valence-electron chi connectivity index (χ0n) is 23.0. The number of aromatic amines is 1. The van der Waals surface area contributed by atoms with Gasteiger partial charge in [-0.1, -0.05) is 30.4 Å². The van der Waals surface area contributed by atoms with Crippen molar-refractivity contribution in [2.45, 2.75) is 71.1 Å². The Morgan fingerprint density at radius 3 is 2.36 bits per heavy atom. The molecule has 0 amide bonds. The number of benzene rings is 1. The van der Waals surface area contributed by atoms with Crippen LogP contribution < -0.4 is 10.0 Å². The third kappa shape index (κ3) is 6.36. The van der Waals surface area contributed by atoms with Crippen LogP contribution in [0.1, 0.15) is 63.8 Å². The molecule has 0 bridgehead atoms. The van der Waals surface area contributed by atoms with E-state index in [0.717, 1.165) is 17.9 Å². The van der Waals surface area contributed by atoms with Crippen molar-refractivity contribution in [1.29, 1.82) is 0 Å². The fraction of sp³-hybridized carbons (Fsp3) is 0.567. The van der Waals surface area contributed by atoms with E-state index in [1.807, 2.05) is 4.90 Å². The van der Waals surface area contributed by atoms with E-state index in [1.54, 1.807) is 25.1 Å². The number of aliphatic carboxylic acids is 1. The maximum absolute atomic E-state index is 11.2. The second kappa shape index (κ2) is 12.8. The number of quaternary nitrogens is 1. The number of fused-ring (bicyclic) bond motifs is 7. The standard InChI is InChI=1S/C19H22N2.C11H18O7/c1-12-10-16-15-8-4-5-9-17(15)20-18(16)19-14-7-3-2-6-13(14)11-21(12)19;1-3-17-8(12)5-7(10(14)11(15)16)6-9(13)18-4-2/h2-5,8-9,12-14,19-20H,6-7,10-11H2,1H3;7,10,14H,3-6H2,1-2H3,(H,15,16). The lowest BCUT2D eigenvalue weighted by Gasteiger charge is -2.34. The van der Waals surface area contributed by atoms with Crippen molar-refractivity contribution in [3.63, 3.8) is 0 Å². The van der Waals surface area contributed by atoms with Gasteiger partial charge in [-0.3, -0.25) is 9.59 Å². The van der Waals surface area contributed by atoms with Gasteiger partial charge in [-0.25, -0.2) is 0 Å². The summed E-state index contributed by atoms with van der Waals surface area (Å²) in [4.78, 5) is 38.6. The zero-order valence-corrected chi connectivity index (χ0v) is 23.0. The molecular formula is C30H40N2O7. The van der Waals surface area contributed by atoms with Crippen molar-refractivity contribution < 1.29 is 39.0 Å². The largest absolute Gasteiger partial charge is 0.547 e. The third-order valence-corrected chi connectivity index (χ3v) is 8.40. The summed E-state index contributed by atoms with van der Waals surface area (Å²) in [7, 11) is 0. The van der Waals surface area contributed by atoms with Gasteiger partial charge in [0.05, 0.1) is 56.4 Å². The highest BCUT2D eigenvalue weighted by Crippen LogP contribution is 2.42. The average Bonchev–Trinajstić information content (AvgIpc) is 3.48. The van der Waals surface area contributed by atoms with Crippen LogP contribution in [0.2, 0.25) is 0 Å². The van der Waals surface area contributed by atoms with Gasteiger partial charge in [-0.2, -0.15) is 0 Å². The van der Waals surface area contributed by atoms with Crippen LogP contribution in [0.3, 0.4) is 0 Å². The summed E-state index contributed by atoms with van der Waals surface area (Å²) in [6.45, 7) is 7.27. The number of aliphatic hydroxyl groups excluding tert-OH is 1. The number of rotatable bonds is 8. The van der Waals surface area contributed by atoms with Gasteiger partial charge in [-0.05, 0) is 45.2 Å². The fourth-order valence-electron chi connectivity index (χ4n) is 6.65. The molecule has 9 nitrogen and oxygen atoms in total. The molecule has 6 atom stereocenters. The van der Waals surface area contributed by atoms with Gasteiger partial charge >= 0.3 is 11.9 Å². The lowest BCUT2D eigenvalue weighted by molar-refractivity contribution is -0.946. The number of para-hydroxylation sites is 1. The summed E-state index contributed by atoms with van der Waals surface area (Å²) in [5.74, 6) is -2.49. The number of aromatic nitrogens is 1. The fourth-order valence-corrected chi connectivity index (χ4v) is 6.65. The number of carboxylic acid groups (broad SMARTS) is 1. The second-order valence-corrected chi connectivity index (χ2v) is 10.8. The Hall–Kier alpha value is -3.17. The Balaban J connectivity index is 0.000000185. The van der Waals surface area contributed by atoms with Crippen LogP contribution in [-0.2, 0) is 30.3 Å². The first-order valence-corrected chi connectivity index (χ1v) is 14.0. The summed E-state index contributed by atoms with van der Waals surface area (Å²) < 4.78 is 9.26. The van der Waals surface area contributed by atoms with Gasteiger partial charge in [0.2, 0.25) is 0 Å². The Labute approximate surface area is 229 Å². The first kappa shape index (κ1) is 28.8. The van der Waals surface area contributed by atoms with Crippen molar-refractivity contribution in [3.8, 4) is 0 Å². The van der Waals surface area contributed by atoms with Crippen LogP contribution in [0.5, 0.6) is 0 Å². The number of carbonyl (C=O) groups excluding carboxylic acids is 3. The number of H-pyrrole nitrogens is 1. The van der Waals surface area contributed by atoms with Crippen molar-refractivity contribution >= 4 is 28.8 Å². The summed E-state index contributed by atoms with van der Waals surface area (Å²) >= 11 is 0. The topological polar surface area (TPSA) is 133 Å². The number of hydrogen-bond acceptors (Lipinski definition) is 7. The monoisotopic (exact) mass is 540 g/mol. The SMILES string of the molecule is CC1Cc2c([nH]c3ccccc23)C2C3CC=CCC3C[NH+]12.CCOC(=O)CC(CC(=O)OCC)C(O)C(=O)[O-]. The minimum atomic E-state index is -1.92. The number of aliphatic hydroxyl groups is 1. The number of esters is 2. The molecule has 1 fully saturated rings. The lowest BCUT2D eigenvalue weighted by Crippen LogP contribution is -3.15. The quantitative estimate of drug-likeness (QED) is 0.339. The van der Waals surface area contributed by atoms with E-state index >= 15 is 0 Å². The molecule has 2 aliphatic heterocycles. The Bertz CT molecular complexity index is 1190. The highest BCUT2D eigenvalue weighted by Gasteiger charge is 2.51. The molecule has 1 aromatic heterocycles. The molecule has 1 saturated heterocycles. The molecule has 6 unspecified atom stereocenters. The van der Waals surface area contributed by atoms with Gasteiger partial charge in [0, 0.05) is 35.1 Å². The smallest absolute Gasteiger partial charge is 0.306 e. The maximum Gasteiger partial charge on any atom is 0.306 e. The Morgan fingerprint density at radius 1 is 1.08 bits per heavy atom. The van der Waals surface area contributed by atoms with Gasteiger partial charge in [-0.15, -0.1) is 0 Å². The van der Waals surface area contributed by atoms with E-state index in [0.29, 0.717) is 6.04 Å². The van der Waals surface area contributed by atoms with Crippen molar-refractivity contribution in [2.75, 3.05) is 19.8 Å². The molecule has 9 heteroatoms. The van der Waals surface area contributed by atoms with Crippen LogP contribution in [0, 0.1) is 17.8 Å². The van der Waals surface area contributed by atoms with Crippen molar-refractivity contribution in [2.24, 2.45) is 17.8 Å². The number of ether oxygens (including phenoxy) is 2. The van der Waals surface area contributed by atoms with Crippen LogP contribution in [0.25, 0.3) is 10.9 Å². The minimum absolute atomic E-state index is 0.131. The molecule has 1 aromatic carbocycles. The highest BCUT2D eigenvalue weighted by atomic mass is 16.5. The molecule has 3 N–H and O–H groups in total. The molecule has 5 rings (SSSR count). The molecule has 212 valence electrons. The molecule has 0 radical (unpaired) electrons. The van der Waals surface area contributed by atoms with E-state index in [2.05, 4.69) is 57.8 Å². The normalized spacial score (nSPS) is 25.6. The first-order chi connectivity index (χ1) is 18.7. The lowest BCUT2D eigenvalue weighted by atomic mass is 9.79. The number of nitrogens with one attached hydrogen (secondary N) is 2. The van der Waals surface area contributed by atoms with Gasteiger partial charge in [0.15, 0.2) is 0 Å². The number of allylic oxidation sites excluding steroid dienone is 2. The van der Waals surface area contributed by atoms with E-state index < -0.39 is 29.9 Å². The molecule has 3 aliphatic rings. The maximum atomic E-state index is 11.2. The molecular weight excluding hydrogens is 500 g/mol. The average molecular weight is 541 g/mol. The van der Waals surface area contributed by atoms with Crippen LogP contribution in [0.4, 0.5) is 0 Å². The number of carbonyl (C=O) groups is 3. The summed E-state index contributed by atoms with van der Waals surface area (Å²) in [6, 6.07) is 10.3. The van der Waals surface area contributed by atoms with Crippen LogP contribution in [0.15, 0.2) is 36.4 Å². The molecule has 3 heterocycles. The van der Waals surface area contributed by atoms with Crippen molar-refractivity contribution in [1.82, 2.24) is 4.98 Å². The number of carboxylic acids is 1. The third-order valence-electron chi connectivity index (χ3n) is 8.40. The molecule has 39 heavy (non-hydrogen) atoms. The van der Waals surface area contributed by atoms with Crippen LogP contribution >= 0.6 is 0 Å². The summed E-state index contributed by atoms with van der Waals surface area (Å²) in [5, 5.41) is 21.4. The van der Waals surface area contributed by atoms with Gasteiger partial charge in [0.25, 0.3) is 0 Å². The first-order valence-electron chi connectivity index (χ1n) is 14.0. The van der Waals surface area contributed by atoms with Crippen LogP contribution in [-0.4, -0.2) is 59.9 Å². The zero-order chi connectivity index (χ0) is 28.1. The molecule has 1 aliphatic carbocycles. The van der Waals surface area contributed by atoms with E-state index in [4.69, 9.17) is 0 Å². The van der Waals surface area contributed by atoms with Crippen molar-refractivity contribution in [3.05, 3.63) is 47.7 Å². The molecule has 2 aromatic rings. The molecule has 0 spiro atoms. The van der Waals surface area contributed by atoms with E-state index in [-0.39, 0.29) is 26.1 Å². The van der Waals surface area contributed by atoms with Gasteiger partial charge < -0.3 is 34.4 Å². The Morgan fingerprint density at radius 2 is 1.72 bits per heavy atom.